The standard InChI is InChI=1S/C24H25N3O2/c1-26(17-19-11-5-6-12-22(19)27-15-7-8-16-27)24(29)20-13-14-21(25-23(20)28)18-9-3-2-4-10-18/h2-6,9-14H,7-8,15-17H2,1H3,(H,25,28). The van der Waals surface area contributed by atoms with Crippen LogP contribution in [-0.2, 0) is 6.54 Å². The van der Waals surface area contributed by atoms with E-state index in [0.29, 0.717) is 12.2 Å². The van der Waals surface area contributed by atoms with E-state index >= 15 is 0 Å². The van der Waals surface area contributed by atoms with Crippen molar-refractivity contribution in [2.24, 2.45) is 0 Å². The van der Waals surface area contributed by atoms with Gasteiger partial charge in [0.2, 0.25) is 0 Å². The number of nitrogens with one attached hydrogen (secondary N) is 1. The number of rotatable bonds is 5. The zero-order valence-corrected chi connectivity index (χ0v) is 16.6. The summed E-state index contributed by atoms with van der Waals surface area (Å²) in [5, 5.41) is 0. The second-order valence-electron chi connectivity index (χ2n) is 7.46. The zero-order valence-electron chi connectivity index (χ0n) is 16.6. The van der Waals surface area contributed by atoms with E-state index in [-0.39, 0.29) is 17.0 Å². The molecule has 1 fully saturated rings. The normalized spacial score (nSPS) is 13.5. The topological polar surface area (TPSA) is 56.4 Å². The quantitative estimate of drug-likeness (QED) is 0.722. The van der Waals surface area contributed by atoms with E-state index < -0.39 is 0 Å². The van der Waals surface area contributed by atoms with Crippen LogP contribution in [0.1, 0.15) is 28.8 Å². The van der Waals surface area contributed by atoms with Crippen molar-refractivity contribution in [1.29, 1.82) is 0 Å². The monoisotopic (exact) mass is 387 g/mol. The fraction of sp³-hybridized carbons (Fsp3) is 0.250. The average molecular weight is 387 g/mol. The minimum Gasteiger partial charge on any atom is -0.371 e. The maximum Gasteiger partial charge on any atom is 0.261 e. The lowest BCUT2D eigenvalue weighted by molar-refractivity contribution is 0.0783. The minimum absolute atomic E-state index is 0.158. The first kappa shape index (κ1) is 19.0. The Labute approximate surface area is 170 Å². The molecule has 1 saturated heterocycles. The Morgan fingerprint density at radius 3 is 2.38 bits per heavy atom. The number of hydrogen-bond donors (Lipinski definition) is 1. The highest BCUT2D eigenvalue weighted by Crippen LogP contribution is 2.25. The van der Waals surface area contributed by atoms with E-state index in [1.165, 1.54) is 18.5 Å². The second kappa shape index (κ2) is 8.35. The van der Waals surface area contributed by atoms with Crippen molar-refractivity contribution in [3.63, 3.8) is 0 Å². The van der Waals surface area contributed by atoms with Crippen LogP contribution in [0.5, 0.6) is 0 Å². The van der Waals surface area contributed by atoms with Gasteiger partial charge in [-0.1, -0.05) is 48.5 Å². The highest BCUT2D eigenvalue weighted by atomic mass is 16.2. The highest BCUT2D eigenvalue weighted by molar-refractivity contribution is 5.94. The van der Waals surface area contributed by atoms with Gasteiger partial charge in [-0.15, -0.1) is 0 Å². The summed E-state index contributed by atoms with van der Waals surface area (Å²) in [5.74, 6) is -0.276. The molecule has 2 heterocycles. The summed E-state index contributed by atoms with van der Waals surface area (Å²) in [4.78, 5) is 32.3. The Bertz CT molecular complexity index is 1050. The van der Waals surface area contributed by atoms with Gasteiger partial charge in [0.15, 0.2) is 0 Å². The Balaban J connectivity index is 1.54. The van der Waals surface area contributed by atoms with E-state index in [9.17, 15) is 9.59 Å². The summed E-state index contributed by atoms with van der Waals surface area (Å²) in [6.07, 6.45) is 2.40. The summed E-state index contributed by atoms with van der Waals surface area (Å²) >= 11 is 0. The van der Waals surface area contributed by atoms with Crippen LogP contribution in [0.25, 0.3) is 11.3 Å². The molecule has 0 spiro atoms. The van der Waals surface area contributed by atoms with E-state index in [2.05, 4.69) is 22.0 Å². The second-order valence-corrected chi connectivity index (χ2v) is 7.46. The summed E-state index contributed by atoms with van der Waals surface area (Å²) in [5.41, 5.74) is 3.69. The first-order chi connectivity index (χ1) is 14.1. The lowest BCUT2D eigenvalue weighted by atomic mass is 10.1. The molecule has 1 aliphatic heterocycles. The third-order valence-corrected chi connectivity index (χ3v) is 5.42. The fourth-order valence-electron chi connectivity index (χ4n) is 3.87. The molecule has 29 heavy (non-hydrogen) atoms. The molecule has 3 aromatic rings. The fourth-order valence-corrected chi connectivity index (χ4v) is 3.87. The number of amides is 1. The number of hydrogen-bond acceptors (Lipinski definition) is 3. The Morgan fingerprint density at radius 2 is 1.66 bits per heavy atom. The van der Waals surface area contributed by atoms with Crippen LogP contribution in [0.15, 0.2) is 71.5 Å². The molecular weight excluding hydrogens is 362 g/mol. The van der Waals surface area contributed by atoms with Gasteiger partial charge in [0, 0.05) is 38.1 Å². The predicted octanol–water partition coefficient (Wildman–Crippen LogP) is 3.91. The Hall–Kier alpha value is -3.34. The number of pyridine rings is 1. The molecular formula is C24H25N3O2. The van der Waals surface area contributed by atoms with Crippen LogP contribution < -0.4 is 10.5 Å². The van der Waals surface area contributed by atoms with Crippen molar-refractivity contribution in [1.82, 2.24) is 9.88 Å². The van der Waals surface area contributed by atoms with Gasteiger partial charge >= 0.3 is 0 Å². The molecule has 0 bridgehead atoms. The lowest BCUT2D eigenvalue weighted by Gasteiger charge is -2.24. The first-order valence-electron chi connectivity index (χ1n) is 10.0. The summed E-state index contributed by atoms with van der Waals surface area (Å²) in [7, 11) is 1.74. The van der Waals surface area contributed by atoms with Crippen LogP contribution in [0.2, 0.25) is 0 Å². The SMILES string of the molecule is CN(Cc1ccccc1N1CCCC1)C(=O)c1ccc(-c2ccccc2)[nH]c1=O. The molecule has 0 radical (unpaired) electrons. The Kier molecular flexibility index (Phi) is 5.47. The number of aromatic nitrogens is 1. The van der Waals surface area contributed by atoms with Gasteiger partial charge in [0.1, 0.15) is 5.56 Å². The molecule has 1 amide bonds. The number of carbonyl (C=O) groups is 1. The number of nitrogens with zero attached hydrogens (tertiary/aromatic N) is 2. The van der Waals surface area contributed by atoms with Gasteiger partial charge in [0.25, 0.3) is 11.5 Å². The minimum atomic E-state index is -0.365. The molecule has 4 rings (SSSR count). The average Bonchev–Trinajstić information content (AvgIpc) is 3.29. The number of H-pyrrole nitrogens is 1. The predicted molar refractivity (Wildman–Crippen MR) is 116 cm³/mol. The molecule has 5 heteroatoms. The first-order valence-corrected chi connectivity index (χ1v) is 10.0. The largest absolute Gasteiger partial charge is 0.371 e. The van der Waals surface area contributed by atoms with E-state index in [0.717, 1.165) is 24.2 Å². The Morgan fingerprint density at radius 1 is 0.966 bits per heavy atom. The van der Waals surface area contributed by atoms with E-state index in [1.807, 2.05) is 42.5 Å². The van der Waals surface area contributed by atoms with Crippen molar-refractivity contribution in [2.45, 2.75) is 19.4 Å². The van der Waals surface area contributed by atoms with Crippen LogP contribution in [-0.4, -0.2) is 35.9 Å². The van der Waals surface area contributed by atoms with Crippen molar-refractivity contribution in [3.05, 3.63) is 88.2 Å². The van der Waals surface area contributed by atoms with Crippen molar-refractivity contribution in [3.8, 4) is 11.3 Å². The summed E-state index contributed by atoms with van der Waals surface area (Å²) in [6, 6.07) is 21.2. The maximum atomic E-state index is 12.9. The zero-order chi connectivity index (χ0) is 20.2. The van der Waals surface area contributed by atoms with Gasteiger partial charge in [-0.25, -0.2) is 0 Å². The molecule has 2 aromatic carbocycles. The lowest BCUT2D eigenvalue weighted by Crippen LogP contribution is -2.32. The molecule has 0 atom stereocenters. The molecule has 0 aliphatic carbocycles. The molecule has 1 aromatic heterocycles. The van der Waals surface area contributed by atoms with Crippen LogP contribution >= 0.6 is 0 Å². The van der Waals surface area contributed by atoms with E-state index in [4.69, 9.17) is 0 Å². The van der Waals surface area contributed by atoms with Gasteiger partial charge in [0.05, 0.1) is 0 Å². The van der Waals surface area contributed by atoms with Crippen LogP contribution in [0.3, 0.4) is 0 Å². The number of para-hydroxylation sites is 1. The van der Waals surface area contributed by atoms with Gasteiger partial charge in [-0.05, 0) is 42.2 Å². The van der Waals surface area contributed by atoms with Crippen molar-refractivity contribution in [2.75, 3.05) is 25.0 Å². The highest BCUT2D eigenvalue weighted by Gasteiger charge is 2.20. The smallest absolute Gasteiger partial charge is 0.261 e. The number of anilines is 1. The molecule has 0 saturated carbocycles. The van der Waals surface area contributed by atoms with Crippen molar-refractivity contribution < 1.29 is 4.79 Å². The molecule has 5 nitrogen and oxygen atoms in total. The third kappa shape index (κ3) is 4.09. The van der Waals surface area contributed by atoms with Gasteiger partial charge < -0.3 is 14.8 Å². The summed E-state index contributed by atoms with van der Waals surface area (Å²) < 4.78 is 0. The van der Waals surface area contributed by atoms with Crippen LogP contribution in [0, 0.1) is 0 Å². The maximum absolute atomic E-state index is 12.9. The van der Waals surface area contributed by atoms with Crippen LogP contribution in [0.4, 0.5) is 5.69 Å². The van der Waals surface area contributed by atoms with Gasteiger partial charge in [-0.2, -0.15) is 0 Å². The van der Waals surface area contributed by atoms with Crippen molar-refractivity contribution >= 4 is 11.6 Å². The van der Waals surface area contributed by atoms with E-state index in [1.54, 1.807) is 24.1 Å². The molecule has 148 valence electrons. The van der Waals surface area contributed by atoms with Gasteiger partial charge in [-0.3, -0.25) is 9.59 Å². The number of benzene rings is 2. The number of aromatic amines is 1. The molecule has 0 unspecified atom stereocenters. The number of carbonyl (C=O) groups excluding carboxylic acids is 1. The summed E-state index contributed by atoms with van der Waals surface area (Å²) in [6.45, 7) is 2.57. The molecule has 1 aliphatic rings. The third-order valence-electron chi connectivity index (χ3n) is 5.42. The molecule has 1 N–H and O–H groups in total.